The molecule has 0 aliphatic heterocycles. The first-order valence-electron chi connectivity index (χ1n) is 5.86. The van der Waals surface area contributed by atoms with E-state index < -0.39 is 5.91 Å². The number of rotatable bonds is 2. The van der Waals surface area contributed by atoms with Crippen molar-refractivity contribution in [3.8, 4) is 6.07 Å². The summed E-state index contributed by atoms with van der Waals surface area (Å²) in [7, 11) is 0. The summed E-state index contributed by atoms with van der Waals surface area (Å²) in [6, 6.07) is 8.24. The lowest BCUT2D eigenvalue weighted by Gasteiger charge is -2.05. The molecule has 0 aliphatic carbocycles. The number of nitriles is 1. The molecule has 1 amide bonds. The number of fused-ring (bicyclic) bond motifs is 1. The van der Waals surface area contributed by atoms with Gasteiger partial charge in [0.15, 0.2) is 0 Å². The number of carbonyl (C=O) groups excluding carboxylic acids is 1. The van der Waals surface area contributed by atoms with Crippen molar-refractivity contribution in [2.75, 3.05) is 5.32 Å². The number of nitrogens with one attached hydrogen (secondary N) is 1. The highest BCUT2D eigenvalue weighted by atomic mass is 35.5. The number of aromatic nitrogens is 4. The van der Waals surface area contributed by atoms with E-state index in [0.29, 0.717) is 22.1 Å². The van der Waals surface area contributed by atoms with Crippen molar-refractivity contribution in [3.05, 3.63) is 53.1 Å². The molecule has 0 saturated carbocycles. The zero-order valence-corrected chi connectivity index (χ0v) is 11.2. The molecule has 8 heteroatoms. The van der Waals surface area contributed by atoms with Crippen molar-refractivity contribution in [2.45, 2.75) is 0 Å². The Kier molecular flexibility index (Phi) is 3.22. The van der Waals surface area contributed by atoms with E-state index in [0.717, 1.165) is 0 Å². The van der Waals surface area contributed by atoms with Crippen LogP contribution in [0.25, 0.3) is 5.78 Å². The highest BCUT2D eigenvalue weighted by Gasteiger charge is 2.15. The van der Waals surface area contributed by atoms with Crippen LogP contribution in [0.3, 0.4) is 0 Å². The van der Waals surface area contributed by atoms with Gasteiger partial charge < -0.3 is 5.32 Å². The maximum absolute atomic E-state index is 12.1. The van der Waals surface area contributed by atoms with Crippen LogP contribution in [-0.2, 0) is 0 Å². The molecule has 0 saturated heterocycles. The van der Waals surface area contributed by atoms with Gasteiger partial charge in [-0.15, -0.1) is 5.10 Å². The van der Waals surface area contributed by atoms with Crippen LogP contribution in [0, 0.1) is 11.3 Å². The third-order valence-electron chi connectivity index (χ3n) is 2.67. The first kappa shape index (κ1) is 13.0. The Labute approximate surface area is 123 Å². The zero-order chi connectivity index (χ0) is 14.8. The van der Waals surface area contributed by atoms with Gasteiger partial charge in [-0.05, 0) is 24.3 Å². The van der Waals surface area contributed by atoms with E-state index >= 15 is 0 Å². The van der Waals surface area contributed by atoms with Crippen molar-refractivity contribution < 1.29 is 4.79 Å². The number of hydrogen-bond acceptors (Lipinski definition) is 5. The van der Waals surface area contributed by atoms with E-state index in [1.165, 1.54) is 16.6 Å². The van der Waals surface area contributed by atoms with E-state index in [1.807, 2.05) is 6.07 Å². The van der Waals surface area contributed by atoms with Crippen molar-refractivity contribution in [1.29, 1.82) is 5.26 Å². The Morgan fingerprint density at radius 1 is 1.43 bits per heavy atom. The minimum Gasteiger partial charge on any atom is -0.318 e. The smallest absolute Gasteiger partial charge is 0.295 e. The van der Waals surface area contributed by atoms with Crippen molar-refractivity contribution in [2.24, 2.45) is 0 Å². The van der Waals surface area contributed by atoms with Crippen molar-refractivity contribution >= 4 is 29.0 Å². The second kappa shape index (κ2) is 5.19. The lowest BCUT2D eigenvalue weighted by atomic mass is 10.2. The Morgan fingerprint density at radius 2 is 2.29 bits per heavy atom. The van der Waals surface area contributed by atoms with E-state index in [-0.39, 0.29) is 5.82 Å². The second-order valence-corrected chi connectivity index (χ2v) is 4.49. The highest BCUT2D eigenvalue weighted by molar-refractivity contribution is 6.31. The van der Waals surface area contributed by atoms with Crippen LogP contribution < -0.4 is 5.32 Å². The Balaban J connectivity index is 1.93. The van der Waals surface area contributed by atoms with Crippen LogP contribution in [-0.4, -0.2) is 25.5 Å². The summed E-state index contributed by atoms with van der Waals surface area (Å²) in [6.45, 7) is 0. The Morgan fingerprint density at radius 3 is 3.05 bits per heavy atom. The van der Waals surface area contributed by atoms with Gasteiger partial charge in [-0.1, -0.05) is 11.6 Å². The van der Waals surface area contributed by atoms with Crippen molar-refractivity contribution in [3.63, 3.8) is 0 Å². The van der Waals surface area contributed by atoms with Crippen LogP contribution >= 0.6 is 11.6 Å². The largest absolute Gasteiger partial charge is 0.318 e. The van der Waals surface area contributed by atoms with E-state index in [2.05, 4.69) is 20.4 Å². The number of amides is 1. The maximum Gasteiger partial charge on any atom is 0.295 e. The van der Waals surface area contributed by atoms with Gasteiger partial charge in [-0.2, -0.15) is 10.2 Å². The van der Waals surface area contributed by atoms with Gasteiger partial charge in [-0.3, -0.25) is 4.79 Å². The molecule has 2 aromatic heterocycles. The van der Waals surface area contributed by atoms with Crippen LogP contribution in [0.4, 0.5) is 5.69 Å². The van der Waals surface area contributed by atoms with Gasteiger partial charge in [0, 0.05) is 17.4 Å². The summed E-state index contributed by atoms with van der Waals surface area (Å²) in [5, 5.41) is 16.0. The number of benzene rings is 1. The number of halogens is 1. The SMILES string of the molecule is N#Cc1ccc(Cl)cc1NC(=O)c1nc2ncccn2n1. The molecule has 1 aromatic carbocycles. The summed E-state index contributed by atoms with van der Waals surface area (Å²) in [5.41, 5.74) is 0.608. The number of hydrogen-bond donors (Lipinski definition) is 1. The number of nitrogens with zero attached hydrogens (tertiary/aromatic N) is 5. The third-order valence-corrected chi connectivity index (χ3v) is 2.91. The predicted octanol–water partition coefficient (Wildman–Crippen LogP) is 1.90. The molecule has 3 rings (SSSR count). The lowest BCUT2D eigenvalue weighted by molar-refractivity contribution is 0.101. The number of anilines is 1. The monoisotopic (exact) mass is 298 g/mol. The zero-order valence-electron chi connectivity index (χ0n) is 10.5. The average molecular weight is 299 g/mol. The van der Waals surface area contributed by atoms with Gasteiger partial charge in [0.1, 0.15) is 6.07 Å². The molecule has 0 unspecified atom stereocenters. The molecule has 0 spiro atoms. The molecule has 3 aromatic rings. The molecule has 102 valence electrons. The molecular weight excluding hydrogens is 292 g/mol. The first-order chi connectivity index (χ1) is 10.2. The summed E-state index contributed by atoms with van der Waals surface area (Å²) in [6.07, 6.45) is 3.18. The average Bonchev–Trinajstić information content (AvgIpc) is 2.91. The molecule has 1 N–H and O–H groups in total. The van der Waals surface area contributed by atoms with Gasteiger partial charge in [0.2, 0.25) is 5.82 Å². The van der Waals surface area contributed by atoms with Crippen LogP contribution in [0.2, 0.25) is 5.02 Å². The molecule has 7 nitrogen and oxygen atoms in total. The molecule has 0 aliphatic rings. The minimum absolute atomic E-state index is 0.0439. The summed E-state index contributed by atoms with van der Waals surface area (Å²) < 4.78 is 1.39. The molecule has 0 atom stereocenters. The third kappa shape index (κ3) is 2.52. The second-order valence-electron chi connectivity index (χ2n) is 4.06. The fourth-order valence-electron chi connectivity index (χ4n) is 1.72. The molecule has 0 bridgehead atoms. The van der Waals surface area contributed by atoms with Crippen LogP contribution in [0.15, 0.2) is 36.7 Å². The van der Waals surface area contributed by atoms with Crippen LogP contribution in [0.1, 0.15) is 16.2 Å². The summed E-state index contributed by atoms with van der Waals surface area (Å²) in [4.78, 5) is 20.1. The molecular formula is C13H7ClN6O. The topological polar surface area (TPSA) is 96.0 Å². The summed E-state index contributed by atoms with van der Waals surface area (Å²) >= 11 is 5.86. The van der Waals surface area contributed by atoms with Gasteiger partial charge in [0.05, 0.1) is 11.3 Å². The molecule has 2 heterocycles. The fourth-order valence-corrected chi connectivity index (χ4v) is 1.90. The maximum atomic E-state index is 12.1. The van der Waals surface area contributed by atoms with E-state index in [1.54, 1.807) is 24.5 Å². The highest BCUT2D eigenvalue weighted by Crippen LogP contribution is 2.20. The quantitative estimate of drug-likeness (QED) is 0.779. The first-order valence-corrected chi connectivity index (χ1v) is 6.23. The summed E-state index contributed by atoms with van der Waals surface area (Å²) in [5.74, 6) is -0.272. The minimum atomic E-state index is -0.542. The Bertz CT molecular complexity index is 849. The number of carbonyl (C=O) groups is 1. The normalized spacial score (nSPS) is 10.3. The lowest BCUT2D eigenvalue weighted by Crippen LogP contribution is -2.14. The fraction of sp³-hybridized carbons (Fsp3) is 0. The van der Waals surface area contributed by atoms with Crippen molar-refractivity contribution in [1.82, 2.24) is 19.6 Å². The predicted molar refractivity (Wildman–Crippen MR) is 74.9 cm³/mol. The molecule has 0 fully saturated rings. The molecule has 21 heavy (non-hydrogen) atoms. The van der Waals surface area contributed by atoms with Crippen LogP contribution in [0.5, 0.6) is 0 Å². The van der Waals surface area contributed by atoms with Gasteiger partial charge in [-0.25, -0.2) is 9.50 Å². The van der Waals surface area contributed by atoms with E-state index in [4.69, 9.17) is 16.9 Å². The van der Waals surface area contributed by atoms with Gasteiger partial charge >= 0.3 is 0 Å². The standard InChI is InChI=1S/C13H7ClN6O/c14-9-3-2-8(7-15)10(6-9)17-12(21)11-18-13-16-4-1-5-20(13)19-11/h1-6H,(H,17,21). The van der Waals surface area contributed by atoms with E-state index in [9.17, 15) is 4.79 Å². The molecule has 0 radical (unpaired) electrons. The Hall–Kier alpha value is -2.98. The van der Waals surface area contributed by atoms with Gasteiger partial charge in [0.25, 0.3) is 11.7 Å².